The molecule has 0 aromatic heterocycles. The third-order valence-electron chi connectivity index (χ3n) is 8.88. The SMILES string of the molecule is C[C@@H]1C[C@H]2[C@@H]3CCC4=C(Cl)C(=O)C=C[C@]4(C)[C@@]3(F)[C@@H](O)C[C@]2(C)[C@@]1(O)C(=O)CO. The number of alkyl halides is 1. The third kappa shape index (κ3) is 2.21. The van der Waals surface area contributed by atoms with Crippen LogP contribution in [0.5, 0.6) is 0 Å². The standard InChI is InChI=1S/C22H28ClFO5/c1-11-8-14-12-4-5-13-18(23)15(26)6-7-19(13,2)21(12,24)16(27)9-20(14,3)22(11,29)17(28)10-25/h6-7,11-12,14,16,25,27,29H,4-5,8-10H2,1-3H3/t11-,12+,14+,16+,19+,20+,21+,22+/m1/s1. The van der Waals surface area contributed by atoms with Gasteiger partial charge in [0.25, 0.3) is 0 Å². The molecule has 4 aliphatic rings. The summed E-state index contributed by atoms with van der Waals surface area (Å²) in [6.07, 6.45) is 2.44. The Balaban J connectivity index is 1.86. The van der Waals surface area contributed by atoms with Crippen molar-refractivity contribution in [3.8, 4) is 0 Å². The van der Waals surface area contributed by atoms with Gasteiger partial charge in [-0.2, -0.15) is 0 Å². The Labute approximate surface area is 174 Å². The molecule has 0 aromatic rings. The summed E-state index contributed by atoms with van der Waals surface area (Å²) in [4.78, 5) is 24.6. The van der Waals surface area contributed by atoms with Crippen LogP contribution < -0.4 is 0 Å². The first kappa shape index (κ1) is 21.2. The number of allylic oxidation sites excluding steroid dienone is 4. The van der Waals surface area contributed by atoms with E-state index in [1.165, 1.54) is 12.2 Å². The van der Waals surface area contributed by atoms with Crippen LogP contribution in [0.25, 0.3) is 0 Å². The highest BCUT2D eigenvalue weighted by atomic mass is 35.5. The molecule has 7 heteroatoms. The minimum atomic E-state index is -2.07. The smallest absolute Gasteiger partial charge is 0.196 e. The predicted octanol–water partition coefficient (Wildman–Crippen LogP) is 2.46. The first-order valence-corrected chi connectivity index (χ1v) is 10.6. The summed E-state index contributed by atoms with van der Waals surface area (Å²) in [6.45, 7) is 4.36. The van der Waals surface area contributed by atoms with Gasteiger partial charge in [0, 0.05) is 16.7 Å². The molecule has 29 heavy (non-hydrogen) atoms. The van der Waals surface area contributed by atoms with Crippen LogP contribution in [0.4, 0.5) is 4.39 Å². The molecule has 3 fully saturated rings. The number of aliphatic hydroxyl groups is 3. The van der Waals surface area contributed by atoms with Crippen LogP contribution in [0, 0.1) is 28.6 Å². The molecule has 0 heterocycles. The molecule has 5 nitrogen and oxygen atoms in total. The van der Waals surface area contributed by atoms with Crippen molar-refractivity contribution in [1.29, 1.82) is 0 Å². The Morgan fingerprint density at radius 3 is 2.62 bits per heavy atom. The molecule has 0 spiro atoms. The number of rotatable bonds is 2. The molecular formula is C22H28ClFO5. The van der Waals surface area contributed by atoms with Gasteiger partial charge >= 0.3 is 0 Å². The van der Waals surface area contributed by atoms with Gasteiger partial charge in [0.05, 0.1) is 11.1 Å². The summed E-state index contributed by atoms with van der Waals surface area (Å²) in [5.41, 5.74) is -5.66. The summed E-state index contributed by atoms with van der Waals surface area (Å²) in [7, 11) is 0. The fraction of sp³-hybridized carbons (Fsp3) is 0.727. The van der Waals surface area contributed by atoms with E-state index in [1.807, 2.05) is 0 Å². The van der Waals surface area contributed by atoms with Crippen LogP contribution >= 0.6 is 11.6 Å². The molecular weight excluding hydrogens is 399 g/mol. The Kier molecular flexibility index (Phi) is 4.54. The minimum Gasteiger partial charge on any atom is -0.390 e. The number of fused-ring (bicyclic) bond motifs is 5. The maximum absolute atomic E-state index is 17.0. The highest BCUT2D eigenvalue weighted by Crippen LogP contribution is 2.71. The number of halogens is 2. The second-order valence-corrected chi connectivity index (χ2v) is 10.2. The van der Waals surface area contributed by atoms with E-state index in [0.717, 1.165) is 0 Å². The molecule has 3 saturated carbocycles. The van der Waals surface area contributed by atoms with Crippen molar-refractivity contribution in [2.45, 2.75) is 63.8 Å². The van der Waals surface area contributed by atoms with E-state index in [4.69, 9.17) is 11.6 Å². The van der Waals surface area contributed by atoms with Gasteiger partial charge in [-0.05, 0) is 56.1 Å². The summed E-state index contributed by atoms with van der Waals surface area (Å²) in [5.74, 6) is -2.47. The summed E-state index contributed by atoms with van der Waals surface area (Å²) < 4.78 is 17.0. The molecule has 8 atom stereocenters. The van der Waals surface area contributed by atoms with Crippen molar-refractivity contribution in [2.24, 2.45) is 28.6 Å². The fourth-order valence-corrected chi connectivity index (χ4v) is 7.69. The highest BCUT2D eigenvalue weighted by molar-refractivity contribution is 6.45. The fourth-order valence-electron chi connectivity index (χ4n) is 7.34. The monoisotopic (exact) mass is 426 g/mol. The van der Waals surface area contributed by atoms with Gasteiger partial charge in [-0.15, -0.1) is 0 Å². The van der Waals surface area contributed by atoms with Crippen molar-refractivity contribution >= 4 is 23.2 Å². The summed E-state index contributed by atoms with van der Waals surface area (Å²) >= 11 is 6.26. The van der Waals surface area contributed by atoms with Crippen molar-refractivity contribution in [2.75, 3.05) is 6.61 Å². The number of hydrogen-bond acceptors (Lipinski definition) is 5. The lowest BCUT2D eigenvalue weighted by molar-refractivity contribution is -0.219. The first-order chi connectivity index (χ1) is 13.4. The zero-order chi connectivity index (χ0) is 21.6. The van der Waals surface area contributed by atoms with Crippen LogP contribution in [0.3, 0.4) is 0 Å². The number of aliphatic hydroxyl groups excluding tert-OH is 2. The quantitative estimate of drug-likeness (QED) is 0.630. The summed E-state index contributed by atoms with van der Waals surface area (Å²) in [5, 5.41) is 32.1. The van der Waals surface area contributed by atoms with E-state index >= 15 is 4.39 Å². The molecule has 0 aliphatic heterocycles. The number of Topliss-reactive ketones (excluding diaryl/α,β-unsaturated/α-hetero) is 1. The Morgan fingerprint density at radius 2 is 2.00 bits per heavy atom. The molecule has 0 amide bonds. The topological polar surface area (TPSA) is 94.8 Å². The molecule has 0 unspecified atom stereocenters. The third-order valence-corrected chi connectivity index (χ3v) is 9.30. The number of carbonyl (C=O) groups is 2. The molecule has 0 aromatic carbocycles. The molecule has 3 N–H and O–H groups in total. The maximum atomic E-state index is 17.0. The zero-order valence-corrected chi connectivity index (χ0v) is 17.7. The minimum absolute atomic E-state index is 0.0257. The predicted molar refractivity (Wildman–Crippen MR) is 105 cm³/mol. The van der Waals surface area contributed by atoms with E-state index in [9.17, 15) is 24.9 Å². The lowest BCUT2D eigenvalue weighted by atomic mass is 9.44. The second kappa shape index (κ2) is 6.22. The van der Waals surface area contributed by atoms with Crippen molar-refractivity contribution in [1.82, 2.24) is 0 Å². The molecule has 0 bridgehead atoms. The average molecular weight is 427 g/mol. The number of ketones is 2. The Morgan fingerprint density at radius 1 is 1.34 bits per heavy atom. The first-order valence-electron chi connectivity index (χ1n) is 10.3. The van der Waals surface area contributed by atoms with Gasteiger partial charge in [-0.3, -0.25) is 9.59 Å². The van der Waals surface area contributed by atoms with Gasteiger partial charge in [0.1, 0.15) is 12.2 Å². The lowest BCUT2D eigenvalue weighted by Crippen LogP contribution is -2.69. The molecule has 0 saturated heterocycles. The molecule has 4 aliphatic carbocycles. The van der Waals surface area contributed by atoms with Gasteiger partial charge in [0.15, 0.2) is 17.2 Å². The average Bonchev–Trinajstić information content (AvgIpc) is 2.87. The second-order valence-electron chi connectivity index (χ2n) is 9.83. The number of hydrogen-bond donors (Lipinski definition) is 3. The van der Waals surface area contributed by atoms with Crippen LogP contribution in [0.2, 0.25) is 0 Å². The maximum Gasteiger partial charge on any atom is 0.196 e. The zero-order valence-electron chi connectivity index (χ0n) is 16.9. The van der Waals surface area contributed by atoms with Crippen LogP contribution in [-0.4, -0.2) is 50.9 Å². The molecule has 0 radical (unpaired) electrons. The summed E-state index contributed by atoms with van der Waals surface area (Å²) in [6, 6.07) is 0. The highest BCUT2D eigenvalue weighted by Gasteiger charge is 2.75. The van der Waals surface area contributed by atoms with Crippen molar-refractivity contribution < 1.29 is 29.3 Å². The van der Waals surface area contributed by atoms with E-state index in [0.29, 0.717) is 24.8 Å². The van der Waals surface area contributed by atoms with Gasteiger partial charge in [0.2, 0.25) is 0 Å². The van der Waals surface area contributed by atoms with Gasteiger partial charge in [-0.1, -0.05) is 31.5 Å². The van der Waals surface area contributed by atoms with E-state index in [1.54, 1.807) is 20.8 Å². The van der Waals surface area contributed by atoms with Crippen molar-refractivity contribution in [3.63, 3.8) is 0 Å². The molecule has 160 valence electrons. The lowest BCUT2D eigenvalue weighted by Gasteiger charge is -2.62. The normalized spacial score (nSPS) is 51.5. The van der Waals surface area contributed by atoms with Crippen LogP contribution in [0.15, 0.2) is 22.8 Å². The van der Waals surface area contributed by atoms with Crippen LogP contribution in [0.1, 0.15) is 46.5 Å². The molecule has 4 rings (SSSR count). The largest absolute Gasteiger partial charge is 0.390 e. The Bertz CT molecular complexity index is 854. The van der Waals surface area contributed by atoms with E-state index in [-0.39, 0.29) is 23.2 Å². The van der Waals surface area contributed by atoms with Gasteiger partial charge < -0.3 is 15.3 Å². The van der Waals surface area contributed by atoms with E-state index in [2.05, 4.69) is 0 Å². The Hall–Kier alpha value is -1.08. The van der Waals surface area contributed by atoms with Gasteiger partial charge in [-0.25, -0.2) is 4.39 Å². The van der Waals surface area contributed by atoms with E-state index < -0.39 is 52.4 Å². The van der Waals surface area contributed by atoms with Crippen molar-refractivity contribution in [3.05, 3.63) is 22.8 Å². The number of carbonyl (C=O) groups excluding carboxylic acids is 2. The van der Waals surface area contributed by atoms with Crippen LogP contribution in [-0.2, 0) is 9.59 Å².